The Morgan fingerprint density at radius 1 is 1.39 bits per heavy atom. The highest BCUT2D eigenvalue weighted by Crippen LogP contribution is 2.44. The van der Waals surface area contributed by atoms with E-state index in [9.17, 15) is 4.39 Å². The molecule has 3 heteroatoms. The number of hydrogen-bond donors (Lipinski definition) is 1. The van der Waals surface area contributed by atoms with Crippen molar-refractivity contribution in [1.29, 1.82) is 0 Å². The number of ether oxygens (including phenoxy) is 1. The number of methoxy groups -OCH3 is 1. The highest BCUT2D eigenvalue weighted by molar-refractivity contribution is 5.44. The number of rotatable bonds is 4. The van der Waals surface area contributed by atoms with Crippen molar-refractivity contribution in [3.63, 3.8) is 0 Å². The Labute approximate surface area is 108 Å². The van der Waals surface area contributed by atoms with Gasteiger partial charge in [-0.05, 0) is 37.5 Å². The van der Waals surface area contributed by atoms with Crippen LogP contribution < -0.4 is 10.5 Å². The second-order valence-electron chi connectivity index (χ2n) is 5.27. The molecule has 0 heterocycles. The van der Waals surface area contributed by atoms with Crippen LogP contribution in [0.5, 0.6) is 5.75 Å². The Hall–Kier alpha value is -1.09. The van der Waals surface area contributed by atoms with Crippen molar-refractivity contribution in [2.24, 2.45) is 5.73 Å². The first-order valence-electron chi connectivity index (χ1n) is 6.65. The van der Waals surface area contributed by atoms with Crippen LogP contribution in [0.15, 0.2) is 18.2 Å². The average molecular weight is 251 g/mol. The number of halogens is 1. The van der Waals surface area contributed by atoms with Gasteiger partial charge in [-0.15, -0.1) is 0 Å². The number of nitrogens with two attached hydrogens (primary N) is 1. The quantitative estimate of drug-likeness (QED) is 0.889. The first kappa shape index (κ1) is 13.3. The first-order valence-corrected chi connectivity index (χ1v) is 6.65. The summed E-state index contributed by atoms with van der Waals surface area (Å²) >= 11 is 0. The van der Waals surface area contributed by atoms with Gasteiger partial charge in [-0.3, -0.25) is 0 Å². The Kier molecular flexibility index (Phi) is 3.91. The zero-order valence-electron chi connectivity index (χ0n) is 11.2. The van der Waals surface area contributed by atoms with Gasteiger partial charge in [0.25, 0.3) is 0 Å². The average Bonchev–Trinajstić information content (AvgIpc) is 2.87. The molecular formula is C15H22FNO. The summed E-state index contributed by atoms with van der Waals surface area (Å²) < 4.78 is 18.9. The molecule has 1 aromatic carbocycles. The summed E-state index contributed by atoms with van der Waals surface area (Å²) in [6.45, 7) is 2.17. The van der Waals surface area contributed by atoms with Crippen LogP contribution in [0.3, 0.4) is 0 Å². The maximum atomic E-state index is 13.5. The lowest BCUT2D eigenvalue weighted by Crippen LogP contribution is -2.32. The Bertz CT molecular complexity index is 411. The normalized spacial score (nSPS) is 19.8. The van der Waals surface area contributed by atoms with E-state index in [1.165, 1.54) is 12.8 Å². The zero-order valence-corrected chi connectivity index (χ0v) is 11.2. The molecule has 0 spiro atoms. The van der Waals surface area contributed by atoms with Crippen LogP contribution in [-0.4, -0.2) is 13.7 Å². The first-order chi connectivity index (χ1) is 8.63. The summed E-state index contributed by atoms with van der Waals surface area (Å²) in [6.07, 6.45) is 3.57. The van der Waals surface area contributed by atoms with Gasteiger partial charge in [0.15, 0.2) is 0 Å². The van der Waals surface area contributed by atoms with E-state index in [0.717, 1.165) is 24.2 Å². The lowest BCUT2D eigenvalue weighted by Gasteiger charge is -2.30. The van der Waals surface area contributed by atoms with Crippen molar-refractivity contribution in [3.05, 3.63) is 29.3 Å². The van der Waals surface area contributed by atoms with Crippen molar-refractivity contribution in [3.8, 4) is 5.75 Å². The van der Waals surface area contributed by atoms with E-state index in [-0.39, 0.29) is 5.41 Å². The van der Waals surface area contributed by atoms with Crippen LogP contribution in [0.2, 0.25) is 0 Å². The largest absolute Gasteiger partial charge is 0.496 e. The van der Waals surface area contributed by atoms with Gasteiger partial charge < -0.3 is 10.5 Å². The van der Waals surface area contributed by atoms with Crippen LogP contribution in [0, 0.1) is 0 Å². The molecule has 0 saturated heterocycles. The molecule has 0 bridgehead atoms. The number of benzene rings is 1. The molecule has 100 valence electrons. The van der Waals surface area contributed by atoms with Gasteiger partial charge in [0.1, 0.15) is 11.9 Å². The molecule has 1 aliphatic carbocycles. The summed E-state index contributed by atoms with van der Waals surface area (Å²) in [5, 5.41) is 0. The minimum Gasteiger partial charge on any atom is -0.496 e. The van der Waals surface area contributed by atoms with Crippen LogP contribution in [-0.2, 0) is 5.41 Å². The number of hydrogen-bond acceptors (Lipinski definition) is 2. The van der Waals surface area contributed by atoms with E-state index in [0.29, 0.717) is 12.1 Å². The second-order valence-corrected chi connectivity index (χ2v) is 5.27. The highest BCUT2D eigenvalue weighted by Gasteiger charge is 2.36. The third-order valence-electron chi connectivity index (χ3n) is 4.21. The maximum absolute atomic E-state index is 13.5. The van der Waals surface area contributed by atoms with Crippen molar-refractivity contribution >= 4 is 0 Å². The molecule has 1 aliphatic rings. The van der Waals surface area contributed by atoms with Crippen LogP contribution >= 0.6 is 0 Å². The van der Waals surface area contributed by atoms with Crippen LogP contribution in [0.1, 0.15) is 49.9 Å². The fraction of sp³-hybridized carbons (Fsp3) is 0.600. The third-order valence-corrected chi connectivity index (χ3v) is 4.21. The lowest BCUT2D eigenvalue weighted by molar-refractivity contribution is 0.363. The van der Waals surface area contributed by atoms with Gasteiger partial charge in [0, 0.05) is 17.5 Å². The SMILES string of the molecule is COc1ccc(C(C)F)cc1C1(CN)CCCC1. The Morgan fingerprint density at radius 3 is 2.56 bits per heavy atom. The molecule has 0 aliphatic heterocycles. The fourth-order valence-corrected chi connectivity index (χ4v) is 3.02. The minimum absolute atomic E-state index is 0.0176. The standard InChI is InChI=1S/C15H22FNO/c1-11(16)12-5-6-14(18-2)13(9-12)15(10-17)7-3-4-8-15/h5-6,9,11H,3-4,7-8,10,17H2,1-2H3. The van der Waals surface area contributed by atoms with E-state index < -0.39 is 6.17 Å². The molecule has 1 fully saturated rings. The van der Waals surface area contributed by atoms with Gasteiger partial charge in [0.2, 0.25) is 0 Å². The van der Waals surface area contributed by atoms with Gasteiger partial charge in [0.05, 0.1) is 7.11 Å². The van der Waals surface area contributed by atoms with Gasteiger partial charge in [-0.25, -0.2) is 4.39 Å². The Balaban J connectivity index is 2.48. The summed E-state index contributed by atoms with van der Waals surface area (Å²) in [5.41, 5.74) is 7.79. The maximum Gasteiger partial charge on any atom is 0.122 e. The third kappa shape index (κ3) is 2.24. The smallest absolute Gasteiger partial charge is 0.122 e. The van der Waals surface area contributed by atoms with Crippen molar-refractivity contribution < 1.29 is 9.13 Å². The molecular weight excluding hydrogens is 229 g/mol. The summed E-state index contributed by atoms with van der Waals surface area (Å²) in [7, 11) is 1.66. The molecule has 0 aromatic heterocycles. The van der Waals surface area contributed by atoms with E-state index >= 15 is 0 Å². The van der Waals surface area contributed by atoms with Gasteiger partial charge >= 0.3 is 0 Å². The summed E-state index contributed by atoms with van der Waals surface area (Å²) in [4.78, 5) is 0. The van der Waals surface area contributed by atoms with Crippen LogP contribution in [0.25, 0.3) is 0 Å². The molecule has 18 heavy (non-hydrogen) atoms. The number of alkyl halides is 1. The molecule has 1 saturated carbocycles. The van der Waals surface area contributed by atoms with Gasteiger partial charge in [-0.1, -0.05) is 18.9 Å². The highest BCUT2D eigenvalue weighted by atomic mass is 19.1. The predicted octanol–water partition coefficient (Wildman–Crippen LogP) is 3.50. The summed E-state index contributed by atoms with van der Waals surface area (Å²) in [5.74, 6) is 0.840. The molecule has 0 radical (unpaired) electrons. The zero-order chi connectivity index (χ0) is 13.2. The topological polar surface area (TPSA) is 35.2 Å². The second kappa shape index (κ2) is 5.27. The minimum atomic E-state index is -0.953. The van der Waals surface area contributed by atoms with Gasteiger partial charge in [-0.2, -0.15) is 0 Å². The molecule has 2 rings (SSSR count). The van der Waals surface area contributed by atoms with E-state index in [2.05, 4.69) is 0 Å². The molecule has 0 amide bonds. The molecule has 2 nitrogen and oxygen atoms in total. The van der Waals surface area contributed by atoms with Crippen molar-refractivity contribution in [2.45, 2.75) is 44.2 Å². The molecule has 1 unspecified atom stereocenters. The predicted molar refractivity (Wildman–Crippen MR) is 71.7 cm³/mol. The molecule has 1 aromatic rings. The summed E-state index contributed by atoms with van der Waals surface area (Å²) in [6, 6.07) is 5.62. The van der Waals surface area contributed by atoms with E-state index in [1.807, 2.05) is 12.1 Å². The van der Waals surface area contributed by atoms with E-state index in [4.69, 9.17) is 10.5 Å². The van der Waals surface area contributed by atoms with E-state index in [1.54, 1.807) is 20.1 Å². The monoisotopic (exact) mass is 251 g/mol. The van der Waals surface area contributed by atoms with Crippen molar-refractivity contribution in [1.82, 2.24) is 0 Å². The molecule has 2 N–H and O–H groups in total. The molecule has 1 atom stereocenters. The lowest BCUT2D eigenvalue weighted by atomic mass is 9.77. The van der Waals surface area contributed by atoms with Crippen molar-refractivity contribution in [2.75, 3.05) is 13.7 Å². The Morgan fingerprint density at radius 2 is 2.06 bits per heavy atom. The van der Waals surface area contributed by atoms with Crippen LogP contribution in [0.4, 0.5) is 4.39 Å². The fourth-order valence-electron chi connectivity index (χ4n) is 3.02.